The van der Waals surface area contributed by atoms with Crippen LogP contribution in [-0.4, -0.2) is 30.6 Å². The fourth-order valence-electron chi connectivity index (χ4n) is 2.42. The molecule has 0 fully saturated rings. The molecule has 3 rings (SSSR count). The van der Waals surface area contributed by atoms with Crippen LogP contribution in [-0.2, 0) is 0 Å². The molecule has 0 atom stereocenters. The van der Waals surface area contributed by atoms with Gasteiger partial charge in [0.15, 0.2) is 0 Å². The molecule has 5 heteroatoms. The lowest BCUT2D eigenvalue weighted by Gasteiger charge is -2.25. The Morgan fingerprint density at radius 2 is 1.91 bits per heavy atom. The molecular weight excluding hydrogens is 298 g/mol. The van der Waals surface area contributed by atoms with E-state index in [1.807, 2.05) is 12.1 Å². The summed E-state index contributed by atoms with van der Waals surface area (Å²) in [5, 5.41) is 13.0. The van der Waals surface area contributed by atoms with Crippen LogP contribution in [0.5, 0.6) is 5.75 Å². The van der Waals surface area contributed by atoms with E-state index >= 15 is 0 Å². The highest BCUT2D eigenvalue weighted by Crippen LogP contribution is 2.28. The van der Waals surface area contributed by atoms with Gasteiger partial charge in [-0.25, -0.2) is 0 Å². The average Bonchev–Trinajstić information content (AvgIpc) is 2.99. The van der Waals surface area contributed by atoms with Crippen LogP contribution in [0, 0.1) is 6.92 Å². The number of rotatable bonds is 4. The van der Waals surface area contributed by atoms with Crippen LogP contribution >= 0.6 is 0 Å². The molecule has 0 spiro atoms. The van der Waals surface area contributed by atoms with Gasteiger partial charge in [0.05, 0.1) is 13.1 Å². The highest BCUT2D eigenvalue weighted by molar-refractivity contribution is 5.90. The minimum Gasteiger partial charge on any atom is -1.00 e. The Morgan fingerprint density at radius 1 is 1.14 bits per heavy atom. The first-order chi connectivity index (χ1) is 10.2. The van der Waals surface area contributed by atoms with Crippen molar-refractivity contribution in [2.45, 2.75) is 6.92 Å². The van der Waals surface area contributed by atoms with E-state index in [1.54, 1.807) is 12.1 Å². The number of phenols is 1. The van der Waals surface area contributed by atoms with Gasteiger partial charge in [0.1, 0.15) is 11.6 Å². The number of nitrogens with zero attached hydrogens (tertiary/aromatic N) is 2. The van der Waals surface area contributed by atoms with E-state index in [-0.39, 0.29) is 18.2 Å². The largest absolute Gasteiger partial charge is 1.00 e. The molecule has 0 radical (unpaired) electrons. The smallest absolute Gasteiger partial charge is 0.117 e. The Hall–Kier alpha value is -2.20. The van der Waals surface area contributed by atoms with E-state index < -0.39 is 0 Å². The number of aromatic hydroxyl groups is 1. The number of aryl methyl sites for hydroxylation is 1. The fourth-order valence-corrected chi connectivity index (χ4v) is 2.42. The molecule has 2 N–H and O–H groups in total. The number of nitrogens with one attached hydrogen (secondary N) is 1. The number of aliphatic imine (C=N–C) groups is 1. The van der Waals surface area contributed by atoms with Gasteiger partial charge in [-0.2, -0.15) is 0 Å². The zero-order valence-electron chi connectivity index (χ0n) is 12.5. The van der Waals surface area contributed by atoms with Gasteiger partial charge in [-0.15, -0.1) is 0 Å². The van der Waals surface area contributed by atoms with E-state index in [4.69, 9.17) is 0 Å². The predicted octanol–water partition coefficient (Wildman–Crippen LogP) is -0.156. The van der Waals surface area contributed by atoms with Crippen molar-refractivity contribution in [2.75, 3.05) is 24.5 Å². The Kier molecular flexibility index (Phi) is 5.28. The summed E-state index contributed by atoms with van der Waals surface area (Å²) in [6, 6.07) is 15.7. The van der Waals surface area contributed by atoms with Crippen molar-refractivity contribution in [1.29, 1.82) is 0 Å². The van der Waals surface area contributed by atoms with Crippen LogP contribution in [0.2, 0.25) is 0 Å². The molecule has 2 aromatic rings. The summed E-state index contributed by atoms with van der Waals surface area (Å²) in [6.07, 6.45) is 0. The summed E-state index contributed by atoms with van der Waals surface area (Å²) >= 11 is 0. The van der Waals surface area contributed by atoms with Crippen molar-refractivity contribution < 1.29 is 17.5 Å². The first-order valence-corrected chi connectivity index (χ1v) is 7.13. The van der Waals surface area contributed by atoms with Gasteiger partial charge in [0.2, 0.25) is 0 Å². The third kappa shape index (κ3) is 3.71. The maximum atomic E-state index is 9.74. The van der Waals surface area contributed by atoms with E-state index in [1.165, 1.54) is 5.56 Å². The summed E-state index contributed by atoms with van der Waals surface area (Å²) in [5.74, 6) is 1.25. The Balaban J connectivity index is 0.00000176. The molecule has 0 saturated heterocycles. The van der Waals surface area contributed by atoms with Crippen LogP contribution in [0.15, 0.2) is 53.5 Å². The third-order valence-electron chi connectivity index (χ3n) is 3.54. The van der Waals surface area contributed by atoms with Crippen LogP contribution in [0.1, 0.15) is 5.56 Å². The van der Waals surface area contributed by atoms with Gasteiger partial charge in [-0.05, 0) is 31.2 Å². The topological polar surface area (TPSA) is 47.9 Å². The van der Waals surface area contributed by atoms with E-state index in [2.05, 4.69) is 46.4 Å². The minimum absolute atomic E-state index is 0. The zero-order chi connectivity index (χ0) is 14.7. The second kappa shape index (κ2) is 7.18. The second-order valence-corrected chi connectivity index (χ2v) is 5.20. The molecule has 0 saturated carbocycles. The highest BCUT2D eigenvalue weighted by atomic mass is 35.5. The van der Waals surface area contributed by atoms with Crippen molar-refractivity contribution in [3.8, 4) is 5.75 Å². The zero-order valence-corrected chi connectivity index (χ0v) is 13.2. The molecule has 1 aliphatic rings. The Morgan fingerprint density at radius 3 is 2.55 bits per heavy atom. The summed E-state index contributed by atoms with van der Waals surface area (Å²) in [5.41, 5.74) is 3.27. The normalized spacial score (nSPS) is 13.0. The van der Waals surface area contributed by atoms with E-state index in [9.17, 15) is 5.11 Å². The summed E-state index contributed by atoms with van der Waals surface area (Å²) in [6.45, 7) is 4.48. The lowest BCUT2D eigenvalue weighted by molar-refractivity contribution is -0.00000541. The Bertz CT molecular complexity index is 655. The number of amidine groups is 1. The van der Waals surface area contributed by atoms with E-state index in [0.717, 1.165) is 30.3 Å². The van der Waals surface area contributed by atoms with Crippen LogP contribution in [0.25, 0.3) is 0 Å². The maximum absolute atomic E-state index is 9.74. The molecule has 4 nitrogen and oxygen atoms in total. The molecule has 0 unspecified atom stereocenters. The summed E-state index contributed by atoms with van der Waals surface area (Å²) in [4.78, 5) is 6.62. The van der Waals surface area contributed by atoms with Crippen molar-refractivity contribution in [3.05, 3.63) is 54.1 Å². The lowest BCUT2D eigenvalue weighted by atomic mass is 10.2. The first kappa shape index (κ1) is 16.2. The van der Waals surface area contributed by atoms with Gasteiger partial charge < -0.3 is 27.7 Å². The average molecular weight is 317 g/mol. The quantitative estimate of drug-likeness (QED) is 0.824. The SMILES string of the molecule is Cc1ccc(N(CC2=NCCN2)c2cccc(O)c2)cc1.[Cl-]. The molecule has 0 amide bonds. The van der Waals surface area contributed by atoms with Gasteiger partial charge in [0.25, 0.3) is 0 Å². The number of halogens is 1. The molecule has 1 heterocycles. The van der Waals surface area contributed by atoms with Crippen LogP contribution < -0.4 is 22.6 Å². The lowest BCUT2D eigenvalue weighted by Crippen LogP contribution is -3.00. The summed E-state index contributed by atoms with van der Waals surface area (Å²) < 4.78 is 0. The number of hydrogen-bond donors (Lipinski definition) is 2. The van der Waals surface area contributed by atoms with Crippen molar-refractivity contribution in [2.24, 2.45) is 4.99 Å². The number of anilines is 2. The number of phenolic OH excluding ortho intramolecular Hbond substituents is 1. The standard InChI is InChI=1S/C17H19N3O.ClH/c1-13-5-7-14(8-6-13)20(12-17-18-9-10-19-17)15-3-2-4-16(21)11-15;/h2-8,11,21H,9-10,12H2,1H3,(H,18,19);1H/p-1. The molecule has 1 aliphatic heterocycles. The Labute approximate surface area is 136 Å². The molecule has 2 aromatic carbocycles. The predicted molar refractivity (Wildman–Crippen MR) is 86.6 cm³/mol. The van der Waals surface area contributed by atoms with Crippen LogP contribution in [0.3, 0.4) is 0 Å². The van der Waals surface area contributed by atoms with Crippen molar-refractivity contribution in [1.82, 2.24) is 5.32 Å². The molecule has 0 aromatic heterocycles. The number of benzene rings is 2. The van der Waals surface area contributed by atoms with Crippen LogP contribution in [0.4, 0.5) is 11.4 Å². The van der Waals surface area contributed by atoms with Gasteiger partial charge in [-0.3, -0.25) is 4.99 Å². The van der Waals surface area contributed by atoms with Gasteiger partial charge >= 0.3 is 0 Å². The molecule has 22 heavy (non-hydrogen) atoms. The van der Waals surface area contributed by atoms with Crippen molar-refractivity contribution in [3.63, 3.8) is 0 Å². The monoisotopic (exact) mass is 316 g/mol. The maximum Gasteiger partial charge on any atom is 0.117 e. The van der Waals surface area contributed by atoms with Gasteiger partial charge in [0, 0.05) is 24.0 Å². The second-order valence-electron chi connectivity index (χ2n) is 5.20. The van der Waals surface area contributed by atoms with Crippen molar-refractivity contribution >= 4 is 17.2 Å². The molecule has 0 bridgehead atoms. The highest BCUT2D eigenvalue weighted by Gasteiger charge is 2.14. The minimum atomic E-state index is 0. The van der Waals surface area contributed by atoms with E-state index in [0.29, 0.717) is 6.54 Å². The number of hydrogen-bond acceptors (Lipinski definition) is 4. The molecule has 0 aliphatic carbocycles. The van der Waals surface area contributed by atoms with Gasteiger partial charge in [-0.1, -0.05) is 23.8 Å². The summed E-state index contributed by atoms with van der Waals surface area (Å²) in [7, 11) is 0. The molecular formula is C17H19ClN3O-. The first-order valence-electron chi connectivity index (χ1n) is 7.13. The third-order valence-corrected chi connectivity index (χ3v) is 3.54. The fraction of sp³-hybridized carbons (Fsp3) is 0.235. The molecule has 116 valence electrons.